The third-order valence-electron chi connectivity index (χ3n) is 7.12. The van der Waals surface area contributed by atoms with Crippen molar-refractivity contribution in [3.8, 4) is 11.1 Å². The predicted octanol–water partition coefficient (Wildman–Crippen LogP) is 6.73. The lowest BCUT2D eigenvalue weighted by Gasteiger charge is -2.14. The summed E-state index contributed by atoms with van der Waals surface area (Å²) in [6.45, 7) is 7.43. The molecule has 2 aromatic carbocycles. The van der Waals surface area contributed by atoms with E-state index in [4.69, 9.17) is 23.7 Å². The van der Waals surface area contributed by atoms with Crippen LogP contribution in [-0.2, 0) is 23.7 Å². The SMILES string of the molecule is CCCCCCCCCCOCCOCCOCCOCCNC(=O)OCC1c2ccccc2-c2ccccc21. The van der Waals surface area contributed by atoms with Gasteiger partial charge in [0.05, 0.1) is 46.2 Å². The maximum atomic E-state index is 12.2. The highest BCUT2D eigenvalue weighted by Crippen LogP contribution is 2.44. The molecule has 0 atom stereocenters. The van der Waals surface area contributed by atoms with Crippen LogP contribution in [0, 0.1) is 0 Å². The summed E-state index contributed by atoms with van der Waals surface area (Å²) in [4.78, 5) is 12.2. The van der Waals surface area contributed by atoms with E-state index in [0.29, 0.717) is 59.4 Å². The van der Waals surface area contributed by atoms with Gasteiger partial charge in [0.25, 0.3) is 0 Å². The Morgan fingerprint density at radius 3 is 1.68 bits per heavy atom. The zero-order valence-corrected chi connectivity index (χ0v) is 24.4. The third kappa shape index (κ3) is 12.0. The van der Waals surface area contributed by atoms with Crippen molar-refractivity contribution in [3.05, 3.63) is 59.7 Å². The molecule has 0 bridgehead atoms. The summed E-state index contributed by atoms with van der Waals surface area (Å²) in [5.74, 6) is 0.0581. The minimum absolute atomic E-state index is 0.0581. The van der Waals surface area contributed by atoms with Crippen molar-refractivity contribution < 1.29 is 28.5 Å². The number of benzene rings is 2. The van der Waals surface area contributed by atoms with Gasteiger partial charge >= 0.3 is 6.09 Å². The second kappa shape index (κ2) is 20.4. The fraction of sp³-hybridized carbons (Fsp3) is 0.606. The number of unbranched alkanes of at least 4 members (excludes halogenated alkanes) is 7. The molecule has 3 rings (SSSR count). The Hall–Kier alpha value is -2.45. The first-order valence-corrected chi connectivity index (χ1v) is 15.2. The maximum Gasteiger partial charge on any atom is 0.407 e. The second-order valence-corrected chi connectivity index (χ2v) is 10.2. The first-order valence-electron chi connectivity index (χ1n) is 15.2. The zero-order valence-electron chi connectivity index (χ0n) is 24.4. The molecule has 1 aliphatic rings. The Morgan fingerprint density at radius 2 is 1.10 bits per heavy atom. The fourth-order valence-corrected chi connectivity index (χ4v) is 4.97. The van der Waals surface area contributed by atoms with Gasteiger partial charge in [0.15, 0.2) is 0 Å². The molecule has 1 aliphatic carbocycles. The van der Waals surface area contributed by atoms with Crippen LogP contribution in [-0.4, -0.2) is 72.1 Å². The lowest BCUT2D eigenvalue weighted by molar-refractivity contribution is -0.00181. The number of carbonyl (C=O) groups is 1. The number of hydrogen-bond donors (Lipinski definition) is 1. The summed E-state index contributed by atoms with van der Waals surface area (Å²) in [6.07, 6.45) is 10.1. The normalized spacial score (nSPS) is 12.3. The van der Waals surface area contributed by atoms with Crippen molar-refractivity contribution in [1.29, 1.82) is 0 Å². The highest BCUT2D eigenvalue weighted by Gasteiger charge is 2.28. The van der Waals surface area contributed by atoms with Crippen LogP contribution in [0.4, 0.5) is 4.79 Å². The summed E-state index contributed by atoms with van der Waals surface area (Å²) < 4.78 is 27.7. The molecule has 0 heterocycles. The van der Waals surface area contributed by atoms with Gasteiger partial charge in [0, 0.05) is 19.1 Å². The summed E-state index contributed by atoms with van der Waals surface area (Å²) in [7, 11) is 0. The van der Waals surface area contributed by atoms with E-state index in [2.05, 4.69) is 36.5 Å². The minimum Gasteiger partial charge on any atom is -0.449 e. The second-order valence-electron chi connectivity index (χ2n) is 10.2. The summed E-state index contributed by atoms with van der Waals surface area (Å²) in [5.41, 5.74) is 4.83. The van der Waals surface area contributed by atoms with Gasteiger partial charge in [0.2, 0.25) is 0 Å². The van der Waals surface area contributed by atoms with E-state index in [9.17, 15) is 4.79 Å². The Morgan fingerprint density at radius 1 is 0.625 bits per heavy atom. The van der Waals surface area contributed by atoms with Gasteiger partial charge in [-0.05, 0) is 28.7 Å². The van der Waals surface area contributed by atoms with Gasteiger partial charge in [-0.2, -0.15) is 0 Å². The van der Waals surface area contributed by atoms with Gasteiger partial charge in [-0.3, -0.25) is 0 Å². The van der Waals surface area contributed by atoms with Crippen LogP contribution < -0.4 is 5.32 Å². The number of carbonyl (C=O) groups excluding carboxylic acids is 1. The molecule has 0 radical (unpaired) electrons. The quantitative estimate of drug-likeness (QED) is 0.153. The Kier molecular flexibility index (Phi) is 16.4. The number of ether oxygens (including phenoxy) is 5. The van der Waals surface area contributed by atoms with Crippen LogP contribution >= 0.6 is 0 Å². The van der Waals surface area contributed by atoms with E-state index in [1.807, 2.05) is 24.3 Å². The van der Waals surface area contributed by atoms with E-state index < -0.39 is 6.09 Å². The number of rotatable bonds is 23. The van der Waals surface area contributed by atoms with E-state index in [-0.39, 0.29) is 5.92 Å². The van der Waals surface area contributed by atoms with Gasteiger partial charge < -0.3 is 29.0 Å². The molecule has 0 unspecified atom stereocenters. The molecule has 1 amide bonds. The van der Waals surface area contributed by atoms with Crippen molar-refractivity contribution >= 4 is 6.09 Å². The van der Waals surface area contributed by atoms with Crippen molar-refractivity contribution in [1.82, 2.24) is 5.32 Å². The number of fused-ring (bicyclic) bond motifs is 3. The smallest absolute Gasteiger partial charge is 0.407 e. The number of amides is 1. The van der Waals surface area contributed by atoms with Crippen LogP contribution in [0.5, 0.6) is 0 Å². The van der Waals surface area contributed by atoms with Crippen molar-refractivity contribution in [3.63, 3.8) is 0 Å². The fourth-order valence-electron chi connectivity index (χ4n) is 4.97. The first kappa shape index (κ1) is 32.1. The number of hydrogen-bond acceptors (Lipinski definition) is 6. The topological polar surface area (TPSA) is 75.3 Å². The molecule has 0 fully saturated rings. The highest BCUT2D eigenvalue weighted by atomic mass is 16.6. The molecule has 7 heteroatoms. The molecule has 7 nitrogen and oxygen atoms in total. The predicted molar refractivity (Wildman–Crippen MR) is 159 cm³/mol. The monoisotopic (exact) mass is 555 g/mol. The standard InChI is InChI=1S/C33H49NO6/c1-2-3-4-5-6-7-8-13-19-36-21-23-38-25-26-39-24-22-37-20-18-34-33(35)40-27-32-30-16-11-9-14-28(30)29-15-10-12-17-31(29)32/h9-12,14-17,32H,2-8,13,18-27H2,1H3,(H,34,35). The van der Waals surface area contributed by atoms with Gasteiger partial charge in [-0.25, -0.2) is 4.79 Å². The van der Waals surface area contributed by atoms with E-state index >= 15 is 0 Å². The van der Waals surface area contributed by atoms with E-state index in [1.165, 1.54) is 67.2 Å². The molecular weight excluding hydrogens is 506 g/mol. The first-order chi connectivity index (χ1) is 19.8. The molecule has 1 N–H and O–H groups in total. The van der Waals surface area contributed by atoms with Crippen LogP contribution in [0.2, 0.25) is 0 Å². The summed E-state index contributed by atoms with van der Waals surface area (Å²) in [6, 6.07) is 16.6. The van der Waals surface area contributed by atoms with Crippen LogP contribution in [0.1, 0.15) is 75.3 Å². The molecule has 222 valence electrons. The largest absolute Gasteiger partial charge is 0.449 e. The molecule has 0 saturated carbocycles. The van der Waals surface area contributed by atoms with E-state index in [0.717, 1.165) is 13.0 Å². The molecule has 0 spiro atoms. The Bertz CT molecular complexity index is 907. The van der Waals surface area contributed by atoms with E-state index in [1.54, 1.807) is 0 Å². The van der Waals surface area contributed by atoms with Gasteiger partial charge in [-0.1, -0.05) is 100 Å². The molecule has 2 aromatic rings. The van der Waals surface area contributed by atoms with Crippen molar-refractivity contribution in [2.75, 3.05) is 66.0 Å². The molecule has 0 aromatic heterocycles. The van der Waals surface area contributed by atoms with Crippen LogP contribution in [0.25, 0.3) is 11.1 Å². The molecule has 40 heavy (non-hydrogen) atoms. The average Bonchev–Trinajstić information content (AvgIpc) is 3.30. The lowest BCUT2D eigenvalue weighted by atomic mass is 9.98. The third-order valence-corrected chi connectivity index (χ3v) is 7.12. The Balaban J connectivity index is 1.07. The highest BCUT2D eigenvalue weighted by molar-refractivity contribution is 5.79. The molecular formula is C33H49NO6. The van der Waals surface area contributed by atoms with Gasteiger partial charge in [0.1, 0.15) is 6.61 Å². The summed E-state index contributed by atoms with van der Waals surface area (Å²) in [5, 5.41) is 2.75. The Labute approximate surface area is 240 Å². The van der Waals surface area contributed by atoms with Crippen LogP contribution in [0.3, 0.4) is 0 Å². The van der Waals surface area contributed by atoms with Gasteiger partial charge in [-0.15, -0.1) is 0 Å². The summed E-state index contributed by atoms with van der Waals surface area (Å²) >= 11 is 0. The number of nitrogens with one attached hydrogen (secondary N) is 1. The number of alkyl carbamates (subject to hydrolysis) is 1. The lowest BCUT2D eigenvalue weighted by Crippen LogP contribution is -2.29. The van der Waals surface area contributed by atoms with Crippen molar-refractivity contribution in [2.24, 2.45) is 0 Å². The minimum atomic E-state index is -0.430. The maximum absolute atomic E-state index is 12.2. The van der Waals surface area contributed by atoms with Crippen LogP contribution in [0.15, 0.2) is 48.5 Å². The average molecular weight is 556 g/mol. The van der Waals surface area contributed by atoms with Crippen molar-refractivity contribution in [2.45, 2.75) is 64.2 Å². The zero-order chi connectivity index (χ0) is 28.1. The molecule has 0 aliphatic heterocycles. The molecule has 0 saturated heterocycles.